The first-order valence-electron chi connectivity index (χ1n) is 5.28. The van der Waals surface area contributed by atoms with Gasteiger partial charge in [-0.15, -0.1) is 0 Å². The zero-order valence-corrected chi connectivity index (χ0v) is 10.4. The van der Waals surface area contributed by atoms with Gasteiger partial charge in [-0.1, -0.05) is 20.8 Å². The summed E-state index contributed by atoms with van der Waals surface area (Å²) < 4.78 is 5.83. The van der Waals surface area contributed by atoms with Crippen molar-refractivity contribution in [2.75, 3.05) is 0 Å². The third kappa shape index (κ3) is 9.88. The zero-order chi connectivity index (χ0) is 10.7. The summed E-state index contributed by atoms with van der Waals surface area (Å²) in [6.45, 7) is 15.3. The molecule has 0 amide bonds. The fourth-order valence-corrected chi connectivity index (χ4v) is 1.30. The van der Waals surface area contributed by atoms with E-state index in [2.05, 4.69) is 48.5 Å². The molecule has 0 aromatic carbocycles. The minimum atomic E-state index is -0.00268. The molecule has 0 fully saturated rings. The molecule has 0 aromatic rings. The Morgan fingerprint density at radius 1 is 1.00 bits per heavy atom. The molecule has 1 unspecified atom stereocenters. The molecule has 13 heavy (non-hydrogen) atoms. The van der Waals surface area contributed by atoms with Gasteiger partial charge in [-0.25, -0.2) is 0 Å². The minimum absolute atomic E-state index is 0.00268. The summed E-state index contributed by atoms with van der Waals surface area (Å²) in [6, 6.07) is 0. The summed E-state index contributed by atoms with van der Waals surface area (Å²) in [5.41, 5.74) is 0.423. The van der Waals surface area contributed by atoms with Gasteiger partial charge in [0.15, 0.2) is 0 Å². The lowest BCUT2D eigenvalue weighted by molar-refractivity contribution is -0.0574. The number of hydrogen-bond donors (Lipinski definition) is 0. The second kappa shape index (κ2) is 4.45. The Hall–Kier alpha value is -0.0400. The van der Waals surface area contributed by atoms with Gasteiger partial charge in [-0.3, -0.25) is 0 Å². The van der Waals surface area contributed by atoms with E-state index in [1.807, 2.05) is 0 Å². The van der Waals surface area contributed by atoms with Crippen LogP contribution in [0.3, 0.4) is 0 Å². The number of hydrogen-bond acceptors (Lipinski definition) is 1. The van der Waals surface area contributed by atoms with E-state index < -0.39 is 0 Å². The highest BCUT2D eigenvalue weighted by atomic mass is 16.5. The van der Waals surface area contributed by atoms with Crippen molar-refractivity contribution in [1.82, 2.24) is 0 Å². The van der Waals surface area contributed by atoms with E-state index in [1.165, 1.54) is 6.42 Å². The van der Waals surface area contributed by atoms with Crippen LogP contribution >= 0.6 is 0 Å². The van der Waals surface area contributed by atoms with Crippen LogP contribution in [0.5, 0.6) is 0 Å². The van der Waals surface area contributed by atoms with E-state index in [1.54, 1.807) is 0 Å². The van der Waals surface area contributed by atoms with Crippen molar-refractivity contribution in [3.8, 4) is 0 Å². The van der Waals surface area contributed by atoms with Crippen LogP contribution in [0.25, 0.3) is 0 Å². The van der Waals surface area contributed by atoms with E-state index in [4.69, 9.17) is 4.74 Å². The van der Waals surface area contributed by atoms with Gasteiger partial charge in [0.2, 0.25) is 0 Å². The topological polar surface area (TPSA) is 9.23 Å². The number of rotatable bonds is 3. The summed E-state index contributed by atoms with van der Waals surface area (Å²) in [5, 5.41) is 0. The van der Waals surface area contributed by atoms with Gasteiger partial charge in [-0.05, 0) is 46.0 Å². The Labute approximate surface area is 83.9 Å². The lowest BCUT2D eigenvalue weighted by Crippen LogP contribution is -2.26. The average molecular weight is 186 g/mol. The van der Waals surface area contributed by atoms with Gasteiger partial charge in [0.05, 0.1) is 11.7 Å². The van der Waals surface area contributed by atoms with Gasteiger partial charge in [0.1, 0.15) is 0 Å². The van der Waals surface area contributed by atoms with Crippen LogP contribution in [0, 0.1) is 5.41 Å². The van der Waals surface area contributed by atoms with Crippen molar-refractivity contribution in [3.05, 3.63) is 0 Å². The first kappa shape index (κ1) is 13.0. The first-order valence-corrected chi connectivity index (χ1v) is 5.28. The standard InChI is InChI=1S/C12H26O/c1-10(13-12(5,6)7)8-9-11(2,3)4/h10H,8-9H2,1-7H3. The third-order valence-corrected chi connectivity index (χ3v) is 1.86. The third-order valence-electron chi connectivity index (χ3n) is 1.86. The molecule has 0 saturated carbocycles. The molecule has 1 atom stereocenters. The van der Waals surface area contributed by atoms with Crippen LogP contribution in [0.15, 0.2) is 0 Å². The summed E-state index contributed by atoms with van der Waals surface area (Å²) in [4.78, 5) is 0. The van der Waals surface area contributed by atoms with Gasteiger partial charge in [0.25, 0.3) is 0 Å². The largest absolute Gasteiger partial charge is 0.373 e. The van der Waals surface area contributed by atoms with Crippen LogP contribution < -0.4 is 0 Å². The second-order valence-electron chi connectivity index (χ2n) is 6.14. The Morgan fingerprint density at radius 2 is 1.46 bits per heavy atom. The summed E-state index contributed by atoms with van der Waals surface area (Å²) in [5.74, 6) is 0. The maximum absolute atomic E-state index is 5.83. The van der Waals surface area contributed by atoms with Crippen molar-refractivity contribution in [3.63, 3.8) is 0 Å². The van der Waals surface area contributed by atoms with Crippen molar-refractivity contribution in [2.45, 2.75) is 73.0 Å². The Balaban J connectivity index is 3.70. The zero-order valence-electron chi connectivity index (χ0n) is 10.4. The summed E-state index contributed by atoms with van der Waals surface area (Å²) in [7, 11) is 0. The predicted octanol–water partition coefficient (Wildman–Crippen LogP) is 4.02. The SMILES string of the molecule is CC(CCC(C)(C)C)OC(C)(C)C. The normalized spacial score (nSPS) is 15.9. The molecule has 0 bridgehead atoms. The van der Waals surface area contributed by atoms with Gasteiger partial charge < -0.3 is 4.74 Å². The van der Waals surface area contributed by atoms with E-state index in [0.717, 1.165) is 6.42 Å². The summed E-state index contributed by atoms with van der Waals surface area (Å²) >= 11 is 0. The molecule has 0 N–H and O–H groups in total. The molecule has 0 heterocycles. The molecular weight excluding hydrogens is 160 g/mol. The lowest BCUT2D eigenvalue weighted by Gasteiger charge is -2.27. The Morgan fingerprint density at radius 3 is 1.77 bits per heavy atom. The smallest absolute Gasteiger partial charge is 0.0602 e. The minimum Gasteiger partial charge on any atom is -0.373 e. The van der Waals surface area contributed by atoms with E-state index in [0.29, 0.717) is 11.5 Å². The molecule has 0 saturated heterocycles. The molecule has 0 aliphatic rings. The molecule has 0 spiro atoms. The molecule has 0 aliphatic heterocycles. The van der Waals surface area contributed by atoms with Gasteiger partial charge >= 0.3 is 0 Å². The lowest BCUT2D eigenvalue weighted by atomic mass is 9.89. The molecular formula is C12H26O. The Bertz CT molecular complexity index is 136. The quantitative estimate of drug-likeness (QED) is 0.647. The van der Waals surface area contributed by atoms with Crippen LogP contribution in [0.2, 0.25) is 0 Å². The molecule has 0 rings (SSSR count). The van der Waals surface area contributed by atoms with E-state index >= 15 is 0 Å². The maximum Gasteiger partial charge on any atom is 0.0602 e. The van der Waals surface area contributed by atoms with Crippen LogP contribution in [-0.2, 0) is 4.74 Å². The second-order valence-corrected chi connectivity index (χ2v) is 6.14. The monoisotopic (exact) mass is 186 g/mol. The van der Waals surface area contributed by atoms with Crippen molar-refractivity contribution >= 4 is 0 Å². The highest BCUT2D eigenvalue weighted by Gasteiger charge is 2.17. The maximum atomic E-state index is 5.83. The molecule has 0 aliphatic carbocycles. The average Bonchev–Trinajstić information content (AvgIpc) is 1.78. The van der Waals surface area contributed by atoms with Gasteiger partial charge in [0, 0.05) is 0 Å². The molecule has 1 heteroatoms. The highest BCUT2D eigenvalue weighted by molar-refractivity contribution is 4.67. The fraction of sp³-hybridized carbons (Fsp3) is 1.00. The summed E-state index contributed by atoms with van der Waals surface area (Å²) in [6.07, 6.45) is 2.75. The van der Waals surface area contributed by atoms with Crippen LogP contribution in [-0.4, -0.2) is 11.7 Å². The van der Waals surface area contributed by atoms with Crippen LogP contribution in [0.4, 0.5) is 0 Å². The molecule has 80 valence electrons. The molecule has 1 nitrogen and oxygen atoms in total. The first-order chi connectivity index (χ1) is 5.60. The van der Waals surface area contributed by atoms with Crippen molar-refractivity contribution in [1.29, 1.82) is 0 Å². The van der Waals surface area contributed by atoms with Gasteiger partial charge in [-0.2, -0.15) is 0 Å². The van der Waals surface area contributed by atoms with Crippen LogP contribution in [0.1, 0.15) is 61.3 Å². The molecule has 0 aromatic heterocycles. The predicted molar refractivity (Wildman–Crippen MR) is 59.0 cm³/mol. The van der Waals surface area contributed by atoms with Crippen molar-refractivity contribution < 1.29 is 4.74 Å². The van der Waals surface area contributed by atoms with E-state index in [-0.39, 0.29) is 5.60 Å². The van der Waals surface area contributed by atoms with E-state index in [9.17, 15) is 0 Å². The number of ether oxygens (including phenoxy) is 1. The molecule has 0 radical (unpaired) electrons. The highest BCUT2D eigenvalue weighted by Crippen LogP contribution is 2.23. The van der Waals surface area contributed by atoms with Crippen molar-refractivity contribution in [2.24, 2.45) is 5.41 Å². The Kier molecular flexibility index (Phi) is 4.44. The fourth-order valence-electron chi connectivity index (χ4n) is 1.30.